The lowest BCUT2D eigenvalue weighted by Gasteiger charge is -2.08. The summed E-state index contributed by atoms with van der Waals surface area (Å²) in [6.07, 6.45) is -4.63. The molecule has 0 aliphatic rings. The fraction of sp³-hybridized carbons (Fsp3) is 0.200. The highest BCUT2D eigenvalue weighted by atomic mass is 32.1. The van der Waals surface area contributed by atoms with Gasteiger partial charge in [-0.05, 0) is 32.0 Å². The first-order valence-electron chi connectivity index (χ1n) is 7.25. The second-order valence-electron chi connectivity index (χ2n) is 5.47. The number of hydrogen-bond acceptors (Lipinski definition) is 6. The van der Waals surface area contributed by atoms with Gasteiger partial charge in [0.15, 0.2) is 0 Å². The van der Waals surface area contributed by atoms with Crippen molar-refractivity contribution in [2.75, 3.05) is 5.32 Å². The maximum absolute atomic E-state index is 12.9. The van der Waals surface area contributed by atoms with E-state index in [2.05, 4.69) is 25.4 Å². The van der Waals surface area contributed by atoms with Gasteiger partial charge in [0, 0.05) is 17.4 Å². The van der Waals surface area contributed by atoms with Crippen molar-refractivity contribution in [1.82, 2.24) is 24.6 Å². The van der Waals surface area contributed by atoms with Gasteiger partial charge in [-0.1, -0.05) is 0 Å². The molecule has 0 spiro atoms. The summed E-state index contributed by atoms with van der Waals surface area (Å²) in [6, 6.07) is 7.17. The minimum absolute atomic E-state index is 0.107. The van der Waals surface area contributed by atoms with E-state index >= 15 is 0 Å². The van der Waals surface area contributed by atoms with Crippen LogP contribution < -0.4 is 5.32 Å². The SMILES string of the molecule is Cc1cc(Nc2ccc3nc(C)sc3c2)n2nc(C(F)(F)F)nc2n1. The number of halogens is 3. The molecule has 128 valence electrons. The van der Waals surface area contributed by atoms with Crippen molar-refractivity contribution in [3.05, 3.63) is 40.8 Å². The van der Waals surface area contributed by atoms with Crippen LogP contribution in [-0.4, -0.2) is 24.6 Å². The fourth-order valence-corrected chi connectivity index (χ4v) is 3.33. The van der Waals surface area contributed by atoms with Crippen LogP contribution in [0.5, 0.6) is 0 Å². The van der Waals surface area contributed by atoms with Gasteiger partial charge in [-0.15, -0.1) is 16.4 Å². The van der Waals surface area contributed by atoms with Gasteiger partial charge in [0.05, 0.1) is 15.2 Å². The Hall–Kier alpha value is -2.75. The molecule has 0 aliphatic carbocycles. The molecular weight excluding hydrogens is 353 g/mol. The molecule has 0 fully saturated rings. The van der Waals surface area contributed by atoms with Gasteiger partial charge in [-0.25, -0.2) is 9.97 Å². The number of nitrogens with zero attached hydrogens (tertiary/aromatic N) is 5. The van der Waals surface area contributed by atoms with Crippen LogP contribution in [0.25, 0.3) is 16.0 Å². The lowest BCUT2D eigenvalue weighted by molar-refractivity contribution is -0.144. The standard InChI is InChI=1S/C15H11F3N6S/c1-7-5-12(24-14(19-7)22-13(23-24)15(16,17)18)21-9-3-4-10-11(6-9)25-8(2)20-10/h3-6,21H,1-2H3. The molecule has 6 nitrogen and oxygen atoms in total. The van der Waals surface area contributed by atoms with E-state index in [1.807, 2.05) is 25.1 Å². The van der Waals surface area contributed by atoms with Crippen LogP contribution in [-0.2, 0) is 6.18 Å². The molecule has 0 aliphatic heterocycles. The number of anilines is 2. The van der Waals surface area contributed by atoms with Gasteiger partial charge in [0.25, 0.3) is 11.6 Å². The van der Waals surface area contributed by atoms with Crippen molar-refractivity contribution >= 4 is 38.8 Å². The first-order chi connectivity index (χ1) is 11.8. The highest BCUT2D eigenvalue weighted by Gasteiger charge is 2.36. The first kappa shape index (κ1) is 15.8. The third-order valence-corrected chi connectivity index (χ3v) is 4.40. The summed E-state index contributed by atoms with van der Waals surface area (Å²) in [5, 5.41) is 7.56. The fourth-order valence-electron chi connectivity index (χ4n) is 2.46. The van der Waals surface area contributed by atoms with Crippen LogP contribution >= 0.6 is 11.3 Å². The first-order valence-corrected chi connectivity index (χ1v) is 8.07. The van der Waals surface area contributed by atoms with Crippen LogP contribution in [0.1, 0.15) is 16.5 Å². The van der Waals surface area contributed by atoms with Crippen molar-refractivity contribution in [3.63, 3.8) is 0 Å². The summed E-state index contributed by atoms with van der Waals surface area (Å²) in [7, 11) is 0. The van der Waals surface area contributed by atoms with Crippen molar-refractivity contribution in [1.29, 1.82) is 0 Å². The molecule has 0 saturated heterocycles. The minimum Gasteiger partial charge on any atom is -0.340 e. The Labute approximate surface area is 143 Å². The molecule has 0 atom stereocenters. The van der Waals surface area contributed by atoms with Gasteiger partial charge < -0.3 is 5.32 Å². The molecule has 0 saturated carbocycles. The molecule has 0 amide bonds. The molecule has 3 aromatic heterocycles. The molecule has 3 heterocycles. The highest BCUT2D eigenvalue weighted by molar-refractivity contribution is 7.18. The number of aryl methyl sites for hydroxylation is 2. The van der Waals surface area contributed by atoms with E-state index in [9.17, 15) is 13.2 Å². The van der Waals surface area contributed by atoms with Gasteiger partial charge in [0.2, 0.25) is 0 Å². The average molecular weight is 364 g/mol. The number of rotatable bonds is 2. The van der Waals surface area contributed by atoms with Gasteiger partial charge >= 0.3 is 6.18 Å². The smallest absolute Gasteiger partial charge is 0.340 e. The summed E-state index contributed by atoms with van der Waals surface area (Å²) in [4.78, 5) is 11.9. The summed E-state index contributed by atoms with van der Waals surface area (Å²) >= 11 is 1.54. The Morgan fingerprint density at radius 3 is 2.64 bits per heavy atom. The zero-order valence-corrected chi connectivity index (χ0v) is 13.9. The maximum atomic E-state index is 12.9. The normalized spacial score (nSPS) is 12.2. The highest BCUT2D eigenvalue weighted by Crippen LogP contribution is 2.29. The number of benzene rings is 1. The number of hydrogen-bond donors (Lipinski definition) is 1. The topological polar surface area (TPSA) is 68.0 Å². The van der Waals surface area contributed by atoms with Gasteiger partial charge in [0.1, 0.15) is 5.82 Å². The number of nitrogens with one attached hydrogen (secondary N) is 1. The van der Waals surface area contributed by atoms with Crippen LogP contribution in [0.4, 0.5) is 24.7 Å². The molecule has 0 bridgehead atoms. The lowest BCUT2D eigenvalue weighted by atomic mass is 10.3. The van der Waals surface area contributed by atoms with E-state index in [1.165, 1.54) is 0 Å². The Morgan fingerprint density at radius 1 is 1.08 bits per heavy atom. The Bertz CT molecular complexity index is 1100. The monoisotopic (exact) mass is 364 g/mol. The van der Waals surface area contributed by atoms with E-state index < -0.39 is 12.0 Å². The van der Waals surface area contributed by atoms with Crippen LogP contribution in [0, 0.1) is 13.8 Å². The van der Waals surface area contributed by atoms with Gasteiger partial charge in [-0.2, -0.15) is 22.7 Å². The molecule has 0 radical (unpaired) electrons. The third-order valence-electron chi connectivity index (χ3n) is 3.46. The Morgan fingerprint density at radius 2 is 1.88 bits per heavy atom. The number of fused-ring (bicyclic) bond motifs is 2. The molecule has 0 unspecified atom stereocenters. The Kier molecular flexibility index (Phi) is 3.39. The zero-order valence-electron chi connectivity index (χ0n) is 13.1. The number of thiazole rings is 1. The van der Waals surface area contributed by atoms with Crippen molar-refractivity contribution < 1.29 is 13.2 Å². The molecule has 1 aromatic carbocycles. The molecule has 10 heteroatoms. The summed E-state index contributed by atoms with van der Waals surface area (Å²) in [6.45, 7) is 3.60. The third kappa shape index (κ3) is 2.88. The van der Waals surface area contributed by atoms with Crippen LogP contribution in [0.15, 0.2) is 24.3 Å². The molecule has 4 rings (SSSR count). The van der Waals surface area contributed by atoms with E-state index in [0.717, 1.165) is 19.7 Å². The average Bonchev–Trinajstić information content (AvgIpc) is 3.08. The molecule has 1 N–H and O–H groups in total. The Balaban J connectivity index is 1.80. The van der Waals surface area contributed by atoms with Crippen LogP contribution in [0.2, 0.25) is 0 Å². The molecule has 25 heavy (non-hydrogen) atoms. The van der Waals surface area contributed by atoms with Gasteiger partial charge in [-0.3, -0.25) is 0 Å². The second kappa shape index (κ2) is 5.38. The summed E-state index contributed by atoms with van der Waals surface area (Å²) < 4.78 is 40.6. The van der Waals surface area contributed by atoms with Crippen molar-refractivity contribution in [3.8, 4) is 0 Å². The van der Waals surface area contributed by atoms with E-state index in [4.69, 9.17) is 0 Å². The van der Waals surface area contributed by atoms with Crippen LogP contribution in [0.3, 0.4) is 0 Å². The largest absolute Gasteiger partial charge is 0.453 e. The van der Waals surface area contributed by atoms with Crippen molar-refractivity contribution in [2.24, 2.45) is 0 Å². The van der Waals surface area contributed by atoms with E-state index in [1.54, 1.807) is 24.3 Å². The zero-order chi connectivity index (χ0) is 17.8. The predicted molar refractivity (Wildman–Crippen MR) is 88.2 cm³/mol. The van der Waals surface area contributed by atoms with Crippen molar-refractivity contribution in [2.45, 2.75) is 20.0 Å². The number of alkyl halides is 3. The van der Waals surface area contributed by atoms with E-state index in [-0.39, 0.29) is 5.78 Å². The summed E-state index contributed by atoms with van der Waals surface area (Å²) in [5.41, 5.74) is 2.13. The maximum Gasteiger partial charge on any atom is 0.453 e. The summed E-state index contributed by atoms with van der Waals surface area (Å²) in [5.74, 6) is -0.974. The second-order valence-corrected chi connectivity index (χ2v) is 6.70. The molecule has 4 aromatic rings. The predicted octanol–water partition coefficient (Wildman–Crippen LogP) is 4.11. The van der Waals surface area contributed by atoms with E-state index in [0.29, 0.717) is 17.2 Å². The molecular formula is C15H11F3N6S. The minimum atomic E-state index is -4.63. The lowest BCUT2D eigenvalue weighted by Crippen LogP contribution is -2.08. The quantitative estimate of drug-likeness (QED) is 0.580. The number of aromatic nitrogens is 5.